The number of aryl methyl sites for hydroxylation is 1. The van der Waals surface area contributed by atoms with Gasteiger partial charge in [0.2, 0.25) is 0 Å². The molecule has 2 heterocycles. The van der Waals surface area contributed by atoms with Crippen LogP contribution in [0.2, 0.25) is 0 Å². The molecule has 0 aliphatic carbocycles. The molecule has 1 N–H and O–H groups in total. The van der Waals surface area contributed by atoms with Crippen LogP contribution in [0.25, 0.3) is 11.1 Å². The van der Waals surface area contributed by atoms with Crippen LogP contribution in [-0.2, 0) is 0 Å². The number of ether oxygens (including phenoxy) is 2. The fraction of sp³-hybridized carbons (Fsp3) is 0.167. The van der Waals surface area contributed by atoms with E-state index in [0.717, 1.165) is 11.1 Å². The van der Waals surface area contributed by atoms with Crippen molar-refractivity contribution in [3.63, 3.8) is 0 Å². The van der Waals surface area contributed by atoms with E-state index in [2.05, 4.69) is 14.5 Å². The van der Waals surface area contributed by atoms with Crippen molar-refractivity contribution in [1.82, 2.24) is 4.98 Å². The number of halogens is 2. The highest BCUT2D eigenvalue weighted by Gasteiger charge is 2.44. The lowest BCUT2D eigenvalue weighted by atomic mass is 10.0. The van der Waals surface area contributed by atoms with E-state index in [1.807, 2.05) is 6.92 Å². The van der Waals surface area contributed by atoms with Gasteiger partial charge in [0.25, 0.3) is 0 Å². The molecule has 1 aromatic carbocycles. The Morgan fingerprint density at radius 1 is 1.12 bits per heavy atom. The molecule has 0 bridgehead atoms. The Bertz CT molecular complexity index is 578. The number of para-hydroxylation sites is 1. The average Bonchev–Trinajstić information content (AvgIpc) is 2.78. The second-order valence-corrected chi connectivity index (χ2v) is 3.85. The molecule has 1 aromatic heterocycles. The van der Waals surface area contributed by atoms with Crippen LogP contribution in [0, 0.1) is 6.92 Å². The van der Waals surface area contributed by atoms with Gasteiger partial charge in [-0.05, 0) is 18.6 Å². The zero-order chi connectivity index (χ0) is 12.0. The number of nitrogens with one attached hydrogen (secondary N) is 1. The zero-order valence-corrected chi connectivity index (χ0v) is 8.96. The van der Waals surface area contributed by atoms with Gasteiger partial charge < -0.3 is 14.5 Å². The van der Waals surface area contributed by atoms with Crippen molar-refractivity contribution >= 4 is 0 Å². The van der Waals surface area contributed by atoms with Crippen LogP contribution >= 0.6 is 0 Å². The second-order valence-electron chi connectivity index (χ2n) is 3.85. The van der Waals surface area contributed by atoms with Gasteiger partial charge in [-0.3, -0.25) is 0 Å². The number of rotatable bonds is 1. The van der Waals surface area contributed by atoms with E-state index in [1.54, 1.807) is 24.5 Å². The topological polar surface area (TPSA) is 34.2 Å². The van der Waals surface area contributed by atoms with E-state index in [1.165, 1.54) is 6.07 Å². The molecular weight excluding hydrogens is 228 g/mol. The van der Waals surface area contributed by atoms with Gasteiger partial charge >= 0.3 is 6.29 Å². The molecule has 0 fully saturated rings. The molecule has 3 rings (SSSR count). The number of aromatic nitrogens is 1. The molecule has 0 amide bonds. The van der Waals surface area contributed by atoms with E-state index in [-0.39, 0.29) is 11.5 Å². The van der Waals surface area contributed by atoms with Crippen molar-refractivity contribution in [2.75, 3.05) is 0 Å². The maximum absolute atomic E-state index is 13.0. The molecule has 5 heteroatoms. The van der Waals surface area contributed by atoms with Gasteiger partial charge in [-0.1, -0.05) is 12.1 Å². The molecule has 0 saturated heterocycles. The van der Waals surface area contributed by atoms with Crippen molar-refractivity contribution in [1.29, 1.82) is 0 Å². The highest BCUT2D eigenvalue weighted by atomic mass is 19.3. The summed E-state index contributed by atoms with van der Waals surface area (Å²) in [6.45, 7) is 1.89. The lowest BCUT2D eigenvalue weighted by molar-refractivity contribution is -0.286. The van der Waals surface area contributed by atoms with E-state index in [4.69, 9.17) is 0 Å². The van der Waals surface area contributed by atoms with Crippen LogP contribution in [0.4, 0.5) is 8.78 Å². The van der Waals surface area contributed by atoms with Gasteiger partial charge in [0.05, 0.1) is 0 Å². The molecule has 3 nitrogen and oxygen atoms in total. The Morgan fingerprint density at radius 2 is 1.94 bits per heavy atom. The fourth-order valence-corrected chi connectivity index (χ4v) is 1.91. The summed E-state index contributed by atoms with van der Waals surface area (Å²) in [7, 11) is 0. The highest BCUT2D eigenvalue weighted by molar-refractivity contribution is 5.76. The van der Waals surface area contributed by atoms with Gasteiger partial charge in [0, 0.05) is 23.5 Å². The Labute approximate surface area is 96.0 Å². The summed E-state index contributed by atoms with van der Waals surface area (Å²) in [5.41, 5.74) is 2.37. The molecule has 2 aromatic rings. The van der Waals surface area contributed by atoms with E-state index in [0.29, 0.717) is 5.56 Å². The molecule has 88 valence electrons. The molecule has 1 aliphatic heterocycles. The quantitative estimate of drug-likeness (QED) is 0.825. The lowest BCUT2D eigenvalue weighted by Gasteiger charge is -2.06. The third kappa shape index (κ3) is 1.54. The van der Waals surface area contributed by atoms with Crippen LogP contribution in [0.3, 0.4) is 0 Å². The summed E-state index contributed by atoms with van der Waals surface area (Å²) >= 11 is 0. The van der Waals surface area contributed by atoms with E-state index >= 15 is 0 Å². The highest BCUT2D eigenvalue weighted by Crippen LogP contribution is 2.47. The first-order valence-corrected chi connectivity index (χ1v) is 5.09. The molecular formula is C12H9F2NO2. The molecule has 0 spiro atoms. The summed E-state index contributed by atoms with van der Waals surface area (Å²) in [6.07, 6.45) is -0.0455. The van der Waals surface area contributed by atoms with Crippen LogP contribution in [0.1, 0.15) is 5.56 Å². The van der Waals surface area contributed by atoms with Crippen LogP contribution < -0.4 is 9.47 Å². The molecule has 0 saturated carbocycles. The number of alkyl halides is 2. The number of aromatic amines is 1. The summed E-state index contributed by atoms with van der Waals surface area (Å²) < 4.78 is 35.0. The maximum atomic E-state index is 13.0. The normalized spacial score (nSPS) is 16.2. The Balaban J connectivity index is 2.16. The number of fused-ring (bicyclic) bond motifs is 1. The predicted octanol–water partition coefficient (Wildman–Crippen LogP) is 3.31. The largest absolute Gasteiger partial charge is 0.586 e. The molecule has 1 aliphatic rings. The van der Waals surface area contributed by atoms with E-state index in [9.17, 15) is 8.78 Å². The van der Waals surface area contributed by atoms with Gasteiger partial charge in [-0.15, -0.1) is 8.78 Å². The zero-order valence-electron chi connectivity index (χ0n) is 8.96. The van der Waals surface area contributed by atoms with Crippen molar-refractivity contribution < 1.29 is 18.3 Å². The molecule has 0 unspecified atom stereocenters. The summed E-state index contributed by atoms with van der Waals surface area (Å²) in [4.78, 5) is 2.92. The van der Waals surface area contributed by atoms with Crippen molar-refractivity contribution in [2.45, 2.75) is 13.2 Å². The van der Waals surface area contributed by atoms with Gasteiger partial charge in [0.1, 0.15) is 0 Å². The minimum Gasteiger partial charge on any atom is -0.395 e. The summed E-state index contributed by atoms with van der Waals surface area (Å²) in [5.74, 6) is 0.147. The minimum absolute atomic E-state index is 0.0631. The first-order valence-electron chi connectivity index (χ1n) is 5.09. The number of hydrogen-bond acceptors (Lipinski definition) is 2. The van der Waals surface area contributed by atoms with Crippen LogP contribution in [0.5, 0.6) is 11.5 Å². The molecule has 0 radical (unpaired) electrons. The number of H-pyrrole nitrogens is 1. The number of hydrogen-bond donors (Lipinski definition) is 1. The smallest absolute Gasteiger partial charge is 0.395 e. The Kier molecular flexibility index (Phi) is 1.92. The lowest BCUT2D eigenvalue weighted by Crippen LogP contribution is -2.26. The molecule has 17 heavy (non-hydrogen) atoms. The van der Waals surface area contributed by atoms with E-state index < -0.39 is 6.29 Å². The van der Waals surface area contributed by atoms with Crippen molar-refractivity contribution in [2.24, 2.45) is 0 Å². The van der Waals surface area contributed by atoms with Gasteiger partial charge in [-0.25, -0.2) is 0 Å². The summed E-state index contributed by atoms with van der Waals surface area (Å²) in [6, 6.07) is 4.84. The fourth-order valence-electron chi connectivity index (χ4n) is 1.91. The Hall–Kier alpha value is -2.04. The third-order valence-electron chi connectivity index (χ3n) is 2.67. The third-order valence-corrected chi connectivity index (χ3v) is 2.67. The number of benzene rings is 1. The van der Waals surface area contributed by atoms with Crippen LogP contribution in [-0.4, -0.2) is 11.3 Å². The van der Waals surface area contributed by atoms with Gasteiger partial charge in [-0.2, -0.15) is 0 Å². The monoisotopic (exact) mass is 237 g/mol. The first-order chi connectivity index (χ1) is 8.07. The second kappa shape index (κ2) is 3.23. The van der Waals surface area contributed by atoms with Crippen molar-refractivity contribution in [3.8, 4) is 22.6 Å². The van der Waals surface area contributed by atoms with Gasteiger partial charge in [0.15, 0.2) is 11.5 Å². The Morgan fingerprint density at radius 3 is 2.65 bits per heavy atom. The first kappa shape index (κ1) is 10.1. The predicted molar refractivity (Wildman–Crippen MR) is 57.2 cm³/mol. The molecule has 0 atom stereocenters. The summed E-state index contributed by atoms with van der Waals surface area (Å²) in [5, 5.41) is 0. The minimum atomic E-state index is -3.58. The maximum Gasteiger partial charge on any atom is 0.586 e. The van der Waals surface area contributed by atoms with Crippen LogP contribution in [0.15, 0.2) is 30.6 Å². The standard InChI is InChI=1S/C12H9F2NO2/c1-7-5-15-6-9(7)8-3-2-4-10-11(8)17-12(13,14)16-10/h2-6,15H,1H3. The SMILES string of the molecule is Cc1c[nH]cc1-c1cccc2c1OC(F)(F)O2. The average molecular weight is 237 g/mol. The van der Waals surface area contributed by atoms with Crippen molar-refractivity contribution in [3.05, 3.63) is 36.2 Å².